The van der Waals surface area contributed by atoms with E-state index in [-0.39, 0.29) is 18.5 Å². The van der Waals surface area contributed by atoms with Gasteiger partial charge in [-0.15, -0.1) is 0 Å². The van der Waals surface area contributed by atoms with Crippen LogP contribution in [0.15, 0.2) is 24.3 Å². The second-order valence-corrected chi connectivity index (χ2v) is 12.2. The summed E-state index contributed by atoms with van der Waals surface area (Å²) in [6.07, 6.45) is 21.3. The summed E-state index contributed by atoms with van der Waals surface area (Å²) in [7, 11) is 1.79. The molecule has 2 heterocycles. The number of hydrogen-bond acceptors (Lipinski definition) is 4. The van der Waals surface area contributed by atoms with Gasteiger partial charge in [-0.05, 0) is 84.0 Å². The average Bonchev–Trinajstić information content (AvgIpc) is 3.34. The molecule has 3 aliphatic rings. The van der Waals surface area contributed by atoms with E-state index in [2.05, 4.69) is 74.6 Å². The fraction of sp³-hybridized carbons (Fsp3) is 0.857. The monoisotopic (exact) mass is 574 g/mol. The third kappa shape index (κ3) is 7.77. The Labute approximate surface area is 216 Å². The molecular weight excluding hydrogens is 527 g/mol. The van der Waals surface area contributed by atoms with E-state index in [0.717, 1.165) is 31.6 Å². The van der Waals surface area contributed by atoms with E-state index in [9.17, 15) is 0 Å². The normalized spacial score (nSPS) is 38.5. The number of methoxy groups -OCH3 is 1. The summed E-state index contributed by atoms with van der Waals surface area (Å²) in [5, 5.41) is 0. The molecule has 0 amide bonds. The van der Waals surface area contributed by atoms with E-state index in [1.54, 1.807) is 7.11 Å². The lowest BCUT2D eigenvalue weighted by Gasteiger charge is -2.43. The average molecular weight is 575 g/mol. The summed E-state index contributed by atoms with van der Waals surface area (Å²) >= 11 is 2.65. The van der Waals surface area contributed by atoms with Gasteiger partial charge in [-0.25, -0.2) is 0 Å². The Morgan fingerprint density at radius 3 is 2.39 bits per heavy atom. The second-order valence-electron chi connectivity index (χ2n) is 10.6. The third-order valence-corrected chi connectivity index (χ3v) is 9.04. The number of unbranched alkanes of at least 4 members (excludes halogenated alkanes) is 3. The van der Waals surface area contributed by atoms with Gasteiger partial charge in [-0.1, -0.05) is 66.2 Å². The zero-order valence-corrected chi connectivity index (χ0v) is 23.7. The highest BCUT2D eigenvalue weighted by Gasteiger charge is 2.52. The van der Waals surface area contributed by atoms with Gasteiger partial charge in [0.25, 0.3) is 0 Å². The van der Waals surface area contributed by atoms with Crippen LogP contribution in [0.3, 0.4) is 0 Å². The molecule has 1 saturated carbocycles. The van der Waals surface area contributed by atoms with Gasteiger partial charge >= 0.3 is 0 Å². The van der Waals surface area contributed by atoms with Crippen LogP contribution in [0.5, 0.6) is 0 Å². The Hall–Kier alpha value is 0.0500. The minimum atomic E-state index is -0.491. The Balaban J connectivity index is 1.69. The molecular formula is C28H47IO4. The molecule has 8 atom stereocenters. The number of hydrogen-bond donors (Lipinski definition) is 0. The zero-order valence-electron chi connectivity index (χ0n) is 21.5. The fourth-order valence-corrected chi connectivity index (χ4v) is 7.68. The van der Waals surface area contributed by atoms with Gasteiger partial charge in [-0.2, -0.15) is 0 Å². The molecule has 2 aliphatic heterocycles. The molecule has 0 bridgehead atoms. The van der Waals surface area contributed by atoms with Crippen molar-refractivity contribution < 1.29 is 18.9 Å². The van der Waals surface area contributed by atoms with E-state index in [1.165, 1.54) is 38.5 Å². The first-order chi connectivity index (χ1) is 15.9. The van der Waals surface area contributed by atoms with Crippen LogP contribution in [0.2, 0.25) is 0 Å². The molecule has 33 heavy (non-hydrogen) atoms. The molecule has 1 aliphatic carbocycles. The van der Waals surface area contributed by atoms with Gasteiger partial charge in [-0.3, -0.25) is 0 Å². The molecule has 3 rings (SSSR count). The van der Waals surface area contributed by atoms with Gasteiger partial charge < -0.3 is 18.9 Å². The molecule has 0 aromatic carbocycles. The Bertz CT molecular complexity index is 633. The van der Waals surface area contributed by atoms with Gasteiger partial charge in [0.2, 0.25) is 0 Å². The first-order valence-corrected chi connectivity index (χ1v) is 14.5. The maximum atomic E-state index is 6.51. The van der Waals surface area contributed by atoms with Crippen molar-refractivity contribution in [2.45, 2.75) is 126 Å². The van der Waals surface area contributed by atoms with Crippen LogP contribution in [-0.4, -0.2) is 41.4 Å². The second kappa shape index (κ2) is 13.4. The highest BCUT2D eigenvalue weighted by atomic mass is 127. The molecule has 2 saturated heterocycles. The van der Waals surface area contributed by atoms with Crippen molar-refractivity contribution in [1.82, 2.24) is 0 Å². The first-order valence-electron chi connectivity index (χ1n) is 13.3. The summed E-state index contributed by atoms with van der Waals surface area (Å²) < 4.78 is 25.5. The highest BCUT2D eigenvalue weighted by Crippen LogP contribution is 2.51. The Kier molecular flexibility index (Phi) is 11.2. The molecule has 0 unspecified atom stereocenters. The van der Waals surface area contributed by atoms with Crippen molar-refractivity contribution in [3.8, 4) is 0 Å². The van der Waals surface area contributed by atoms with Crippen molar-refractivity contribution >= 4 is 22.6 Å². The molecule has 0 spiro atoms. The minimum absolute atomic E-state index is 0.0537. The van der Waals surface area contributed by atoms with E-state index < -0.39 is 5.79 Å². The largest absolute Gasteiger partial charge is 0.356 e. The molecule has 0 radical (unpaired) electrons. The van der Waals surface area contributed by atoms with E-state index in [0.29, 0.717) is 21.9 Å². The molecule has 3 fully saturated rings. The summed E-state index contributed by atoms with van der Waals surface area (Å²) in [5.41, 5.74) is 0. The fourth-order valence-electron chi connectivity index (χ4n) is 6.32. The van der Waals surface area contributed by atoms with Crippen molar-refractivity contribution in [3.63, 3.8) is 0 Å². The Morgan fingerprint density at radius 1 is 0.939 bits per heavy atom. The van der Waals surface area contributed by atoms with Crippen LogP contribution < -0.4 is 0 Å². The summed E-state index contributed by atoms with van der Waals surface area (Å²) in [5.74, 6) is 1.41. The van der Waals surface area contributed by atoms with Crippen molar-refractivity contribution in [2.75, 3.05) is 7.11 Å². The molecule has 4 nitrogen and oxygen atoms in total. The standard InChI is InChI=1S/C28H47IO4/c1-6-8-10-11-12-14-15-20-17-23(29)27-22(19-26(30-5)31-27)21(20)18-25-24(16-13-9-7-2)32-28(3,4)33-25/h6-9,20-27H,10-19H2,1-5H3/b8-6+,9-7+/t20-,21+,22-,23-,24+,25-,26+,27-/m1/s1. The summed E-state index contributed by atoms with van der Waals surface area (Å²) in [4.78, 5) is 0. The van der Waals surface area contributed by atoms with Crippen molar-refractivity contribution in [3.05, 3.63) is 24.3 Å². The van der Waals surface area contributed by atoms with Gasteiger partial charge in [0.1, 0.15) is 0 Å². The smallest absolute Gasteiger partial charge is 0.163 e. The van der Waals surface area contributed by atoms with Crippen molar-refractivity contribution in [1.29, 1.82) is 0 Å². The molecule has 0 aromatic rings. The SMILES string of the molecule is C/C=C/CCCCC[C@@H]1C[C@@H](I)[C@@H]2O[C@H](OC)C[C@@H]2[C@H]1C[C@H]1OC(C)(C)O[C@H]1CC/C=C/C. The van der Waals surface area contributed by atoms with Crippen LogP contribution in [0.25, 0.3) is 0 Å². The molecule has 0 N–H and O–H groups in total. The van der Waals surface area contributed by atoms with Crippen LogP contribution in [0, 0.1) is 17.8 Å². The zero-order chi connectivity index (χ0) is 23.8. The number of rotatable bonds is 12. The van der Waals surface area contributed by atoms with Gasteiger partial charge in [0.15, 0.2) is 12.1 Å². The van der Waals surface area contributed by atoms with Crippen molar-refractivity contribution in [2.24, 2.45) is 17.8 Å². The third-order valence-electron chi connectivity index (χ3n) is 7.82. The number of ether oxygens (including phenoxy) is 4. The lowest BCUT2D eigenvalue weighted by atomic mass is 9.66. The van der Waals surface area contributed by atoms with Gasteiger partial charge in [0.05, 0.1) is 18.3 Å². The summed E-state index contributed by atoms with van der Waals surface area (Å²) in [6, 6.07) is 0. The van der Waals surface area contributed by atoms with E-state index >= 15 is 0 Å². The number of halogens is 1. The predicted octanol–water partition coefficient (Wildman–Crippen LogP) is 7.60. The lowest BCUT2D eigenvalue weighted by molar-refractivity contribution is -0.149. The Morgan fingerprint density at radius 2 is 1.67 bits per heavy atom. The maximum absolute atomic E-state index is 6.51. The first kappa shape index (κ1) is 27.6. The van der Waals surface area contributed by atoms with Crippen LogP contribution in [-0.2, 0) is 18.9 Å². The minimum Gasteiger partial charge on any atom is -0.356 e. The van der Waals surface area contributed by atoms with E-state index in [4.69, 9.17) is 18.9 Å². The molecule has 5 heteroatoms. The van der Waals surface area contributed by atoms with E-state index in [1.807, 2.05) is 0 Å². The molecule has 0 aromatic heterocycles. The topological polar surface area (TPSA) is 36.9 Å². The number of alkyl halides is 1. The van der Waals surface area contributed by atoms with Crippen LogP contribution in [0.1, 0.15) is 91.9 Å². The summed E-state index contributed by atoms with van der Waals surface area (Å²) in [6.45, 7) is 8.35. The lowest BCUT2D eigenvalue weighted by Crippen LogP contribution is -2.44. The number of allylic oxidation sites excluding steroid dienone is 4. The van der Waals surface area contributed by atoms with Crippen LogP contribution >= 0.6 is 22.6 Å². The molecule has 190 valence electrons. The van der Waals surface area contributed by atoms with Crippen LogP contribution in [0.4, 0.5) is 0 Å². The quantitative estimate of drug-likeness (QED) is 0.104. The highest BCUT2D eigenvalue weighted by molar-refractivity contribution is 14.1. The van der Waals surface area contributed by atoms with Gasteiger partial charge in [0, 0.05) is 17.5 Å². The maximum Gasteiger partial charge on any atom is 0.163 e. The number of fused-ring (bicyclic) bond motifs is 1. The predicted molar refractivity (Wildman–Crippen MR) is 144 cm³/mol.